The van der Waals surface area contributed by atoms with Gasteiger partial charge in [0.25, 0.3) is 0 Å². The molecule has 0 bridgehead atoms. The van der Waals surface area contributed by atoms with Crippen LogP contribution in [0, 0.1) is 0 Å². The van der Waals surface area contributed by atoms with Gasteiger partial charge in [-0.25, -0.2) is 0 Å². The third-order valence-corrected chi connectivity index (χ3v) is 5.01. The first-order chi connectivity index (χ1) is 12.3. The Labute approximate surface area is 150 Å². The quantitative estimate of drug-likeness (QED) is 0.776. The highest BCUT2D eigenvalue weighted by Gasteiger charge is 2.22. The molecule has 1 aliphatic heterocycles. The number of nitrogens with one attached hydrogen (secondary N) is 1. The summed E-state index contributed by atoms with van der Waals surface area (Å²) >= 11 is 0. The van der Waals surface area contributed by atoms with Gasteiger partial charge in [-0.1, -0.05) is 36.4 Å². The molecule has 2 aromatic rings. The summed E-state index contributed by atoms with van der Waals surface area (Å²) in [6.45, 7) is 3.49. The molecule has 25 heavy (non-hydrogen) atoms. The predicted molar refractivity (Wildman–Crippen MR) is 101 cm³/mol. The van der Waals surface area contributed by atoms with Gasteiger partial charge in [-0.2, -0.15) is 0 Å². The first-order valence-corrected chi connectivity index (χ1v) is 9.38. The molecule has 1 fully saturated rings. The predicted octanol–water partition coefficient (Wildman–Crippen LogP) is 3.15. The van der Waals surface area contributed by atoms with Gasteiger partial charge >= 0.3 is 0 Å². The molecule has 0 saturated carbocycles. The molecule has 4 nitrogen and oxygen atoms in total. The normalized spacial score (nSPS) is 17.5. The van der Waals surface area contributed by atoms with Crippen molar-refractivity contribution in [2.45, 2.75) is 44.3 Å². The second-order valence-corrected chi connectivity index (χ2v) is 6.91. The Morgan fingerprint density at radius 2 is 1.92 bits per heavy atom. The monoisotopic (exact) mass is 339 g/mol. The number of benzene rings is 1. The van der Waals surface area contributed by atoms with Gasteiger partial charge in [-0.3, -0.25) is 9.88 Å². The molecule has 1 aromatic heterocycles. The number of nitrogens with zero attached hydrogens (tertiary/aromatic N) is 2. The minimum Gasteiger partial charge on any atom is -0.396 e. The first-order valence-electron chi connectivity index (χ1n) is 9.38. The lowest BCUT2D eigenvalue weighted by Gasteiger charge is -2.34. The van der Waals surface area contributed by atoms with Crippen molar-refractivity contribution in [1.82, 2.24) is 15.2 Å². The first kappa shape index (κ1) is 18.1. The summed E-state index contributed by atoms with van der Waals surface area (Å²) in [4.78, 5) is 6.72. The molecule has 1 aliphatic rings. The number of aliphatic hydroxyl groups excluding tert-OH is 1. The fraction of sp³-hybridized carbons (Fsp3) is 0.476. The van der Waals surface area contributed by atoms with E-state index in [1.54, 1.807) is 0 Å². The molecule has 0 radical (unpaired) electrons. The summed E-state index contributed by atoms with van der Waals surface area (Å²) in [6, 6.07) is 15.7. The van der Waals surface area contributed by atoms with Gasteiger partial charge in [0.2, 0.25) is 0 Å². The summed E-state index contributed by atoms with van der Waals surface area (Å²) in [5, 5.41) is 13.0. The van der Waals surface area contributed by atoms with Crippen LogP contribution >= 0.6 is 0 Å². The Hall–Kier alpha value is -1.75. The van der Waals surface area contributed by atoms with Crippen LogP contribution in [-0.4, -0.2) is 40.7 Å². The fourth-order valence-electron chi connectivity index (χ4n) is 3.62. The topological polar surface area (TPSA) is 48.4 Å². The maximum absolute atomic E-state index is 9.20. The summed E-state index contributed by atoms with van der Waals surface area (Å²) in [5.74, 6) is 0. The highest BCUT2D eigenvalue weighted by Crippen LogP contribution is 2.22. The summed E-state index contributed by atoms with van der Waals surface area (Å²) in [7, 11) is 0. The molecule has 4 heteroatoms. The molecule has 134 valence electrons. The van der Waals surface area contributed by atoms with Gasteiger partial charge in [-0.15, -0.1) is 0 Å². The molecule has 1 saturated heterocycles. The number of pyridine rings is 1. The highest BCUT2D eigenvalue weighted by molar-refractivity contribution is 5.19. The van der Waals surface area contributed by atoms with Crippen molar-refractivity contribution in [2.24, 2.45) is 0 Å². The number of piperidine rings is 1. The smallest absolute Gasteiger partial charge is 0.0431 e. The van der Waals surface area contributed by atoms with Gasteiger partial charge in [-0.05, 0) is 56.0 Å². The lowest BCUT2D eigenvalue weighted by atomic mass is 9.97. The van der Waals surface area contributed by atoms with E-state index in [2.05, 4.69) is 51.6 Å². The number of hydrogen-bond acceptors (Lipinski definition) is 4. The van der Waals surface area contributed by atoms with E-state index >= 15 is 0 Å². The number of aliphatic hydroxyl groups is 1. The van der Waals surface area contributed by atoms with E-state index in [-0.39, 0.29) is 6.61 Å². The molecular weight excluding hydrogens is 310 g/mol. The zero-order valence-corrected chi connectivity index (χ0v) is 14.8. The van der Waals surface area contributed by atoms with Crippen LogP contribution in [0.1, 0.15) is 42.9 Å². The van der Waals surface area contributed by atoms with Crippen LogP contribution in [0.3, 0.4) is 0 Å². The van der Waals surface area contributed by atoms with Crippen molar-refractivity contribution in [1.29, 1.82) is 0 Å². The minimum atomic E-state index is 0.259. The Balaban J connectivity index is 1.51. The van der Waals surface area contributed by atoms with Crippen molar-refractivity contribution in [3.05, 3.63) is 66.0 Å². The molecular formula is C21H29N3O. The molecule has 1 atom stereocenters. The van der Waals surface area contributed by atoms with Crippen molar-refractivity contribution >= 4 is 0 Å². The second kappa shape index (κ2) is 9.66. The van der Waals surface area contributed by atoms with E-state index < -0.39 is 0 Å². The molecule has 0 aliphatic carbocycles. The third kappa shape index (κ3) is 5.63. The lowest BCUT2D eigenvalue weighted by molar-refractivity contribution is 0.180. The van der Waals surface area contributed by atoms with E-state index in [0.29, 0.717) is 12.1 Å². The van der Waals surface area contributed by atoms with Crippen molar-refractivity contribution in [3.63, 3.8) is 0 Å². The van der Waals surface area contributed by atoms with Crippen LogP contribution in [0.2, 0.25) is 0 Å². The van der Waals surface area contributed by atoms with Gasteiger partial charge in [0, 0.05) is 37.6 Å². The van der Waals surface area contributed by atoms with Crippen LogP contribution in [0.4, 0.5) is 0 Å². The molecule has 1 unspecified atom stereocenters. The number of likely N-dealkylation sites (tertiary alicyclic amines) is 1. The van der Waals surface area contributed by atoms with Crippen LogP contribution in [-0.2, 0) is 6.54 Å². The minimum absolute atomic E-state index is 0.259. The molecule has 0 spiro atoms. The Bertz CT molecular complexity index is 597. The zero-order chi connectivity index (χ0) is 17.3. The largest absolute Gasteiger partial charge is 0.396 e. The molecule has 2 N–H and O–H groups in total. The van der Waals surface area contributed by atoms with E-state index in [1.165, 1.54) is 24.0 Å². The van der Waals surface area contributed by atoms with Crippen LogP contribution in [0.15, 0.2) is 54.9 Å². The highest BCUT2D eigenvalue weighted by atomic mass is 16.2. The molecule has 2 heterocycles. The van der Waals surface area contributed by atoms with Gasteiger partial charge in [0.1, 0.15) is 0 Å². The molecule has 3 rings (SSSR count). The maximum atomic E-state index is 9.20. The average Bonchev–Trinajstić information content (AvgIpc) is 2.68. The third-order valence-electron chi connectivity index (χ3n) is 5.01. The van der Waals surface area contributed by atoms with Crippen molar-refractivity contribution < 1.29 is 5.11 Å². The Morgan fingerprint density at radius 1 is 1.12 bits per heavy atom. The van der Waals surface area contributed by atoms with Crippen LogP contribution < -0.4 is 5.32 Å². The molecule has 0 amide bonds. The maximum Gasteiger partial charge on any atom is 0.0431 e. The Morgan fingerprint density at radius 3 is 2.60 bits per heavy atom. The van der Waals surface area contributed by atoms with Gasteiger partial charge in [0.15, 0.2) is 0 Å². The number of hydrogen-bond donors (Lipinski definition) is 2. The molecule has 1 aromatic carbocycles. The SMILES string of the molecule is OCCCC(NC1CCN(Cc2cccnc2)CC1)c1ccccc1. The van der Waals surface area contributed by atoms with E-state index in [4.69, 9.17) is 0 Å². The van der Waals surface area contributed by atoms with Crippen LogP contribution in [0.5, 0.6) is 0 Å². The Kier molecular flexibility index (Phi) is 6.98. The van der Waals surface area contributed by atoms with Crippen molar-refractivity contribution in [2.75, 3.05) is 19.7 Å². The van der Waals surface area contributed by atoms with E-state index in [9.17, 15) is 5.11 Å². The van der Waals surface area contributed by atoms with Crippen molar-refractivity contribution in [3.8, 4) is 0 Å². The second-order valence-electron chi connectivity index (χ2n) is 6.91. The average molecular weight is 339 g/mol. The standard InChI is InChI=1S/C21H29N3O/c25-15-5-9-21(19-7-2-1-3-8-19)23-20-10-13-24(14-11-20)17-18-6-4-12-22-16-18/h1-4,6-8,12,16,20-21,23,25H,5,9-11,13-15,17H2. The number of rotatable bonds is 8. The van der Waals surface area contributed by atoms with Crippen LogP contribution in [0.25, 0.3) is 0 Å². The van der Waals surface area contributed by atoms with Gasteiger partial charge < -0.3 is 10.4 Å². The summed E-state index contributed by atoms with van der Waals surface area (Å²) < 4.78 is 0. The number of aromatic nitrogens is 1. The van der Waals surface area contributed by atoms with Gasteiger partial charge in [0.05, 0.1) is 0 Å². The summed E-state index contributed by atoms with van der Waals surface area (Å²) in [6.07, 6.45) is 7.95. The zero-order valence-electron chi connectivity index (χ0n) is 14.8. The summed E-state index contributed by atoms with van der Waals surface area (Å²) in [5.41, 5.74) is 2.62. The van der Waals surface area contributed by atoms with E-state index in [0.717, 1.165) is 32.5 Å². The van der Waals surface area contributed by atoms with E-state index in [1.807, 2.05) is 18.5 Å². The fourth-order valence-corrected chi connectivity index (χ4v) is 3.62. The lowest BCUT2D eigenvalue weighted by Crippen LogP contribution is -2.43.